The number of carbonyl (C=O) groups is 1. The summed E-state index contributed by atoms with van der Waals surface area (Å²) in [7, 11) is 1.83. The number of morpholine rings is 1. The Labute approximate surface area is 189 Å². The van der Waals surface area contributed by atoms with Crippen molar-refractivity contribution in [1.82, 2.24) is 14.9 Å². The van der Waals surface area contributed by atoms with Crippen LogP contribution in [0.15, 0.2) is 48.7 Å². The topological polar surface area (TPSA) is 58.6 Å². The number of hydrogen-bond donors (Lipinski definition) is 0. The van der Waals surface area contributed by atoms with Crippen LogP contribution >= 0.6 is 0 Å². The SMILES string of the molecule is Cc1cc(C)cc(CN(C)C(=O)c2cnc(N3CCOCC3)nc2-c2ccccc2C)c1. The fraction of sp³-hybridized carbons (Fsp3) is 0.346. The van der Waals surface area contributed by atoms with Crippen LogP contribution in [0.5, 0.6) is 0 Å². The van der Waals surface area contributed by atoms with Crippen LogP contribution in [-0.4, -0.2) is 54.1 Å². The first-order chi connectivity index (χ1) is 15.4. The number of hydrogen-bond acceptors (Lipinski definition) is 5. The molecule has 1 amide bonds. The van der Waals surface area contributed by atoms with Crippen molar-refractivity contribution in [2.24, 2.45) is 0 Å². The molecule has 6 heteroatoms. The maximum atomic E-state index is 13.5. The maximum Gasteiger partial charge on any atom is 0.257 e. The standard InChI is InChI=1S/C26H30N4O2/c1-18-13-19(2)15-21(14-18)17-29(4)25(31)23-16-27-26(30-9-11-32-12-10-30)28-24(23)22-8-6-5-7-20(22)3/h5-8,13-16H,9-12,17H2,1-4H3. The van der Waals surface area contributed by atoms with Gasteiger partial charge in [0.15, 0.2) is 0 Å². The molecule has 0 N–H and O–H groups in total. The Balaban J connectivity index is 1.70. The van der Waals surface area contributed by atoms with Crippen LogP contribution in [-0.2, 0) is 11.3 Å². The Morgan fingerprint density at radius 1 is 1.06 bits per heavy atom. The zero-order valence-electron chi connectivity index (χ0n) is 19.3. The lowest BCUT2D eigenvalue weighted by molar-refractivity contribution is 0.0785. The Morgan fingerprint density at radius 3 is 2.44 bits per heavy atom. The van der Waals surface area contributed by atoms with Gasteiger partial charge in [-0.05, 0) is 31.9 Å². The fourth-order valence-electron chi connectivity index (χ4n) is 4.20. The summed E-state index contributed by atoms with van der Waals surface area (Å²) in [5.74, 6) is 0.552. The molecule has 0 spiro atoms. The predicted molar refractivity (Wildman–Crippen MR) is 127 cm³/mol. The molecule has 1 saturated heterocycles. The minimum Gasteiger partial charge on any atom is -0.378 e. The molecule has 0 unspecified atom stereocenters. The number of ether oxygens (including phenoxy) is 1. The zero-order valence-corrected chi connectivity index (χ0v) is 19.3. The van der Waals surface area contributed by atoms with Gasteiger partial charge in [-0.3, -0.25) is 4.79 Å². The minimum absolute atomic E-state index is 0.0871. The van der Waals surface area contributed by atoms with Crippen LogP contribution < -0.4 is 4.90 Å². The highest BCUT2D eigenvalue weighted by atomic mass is 16.5. The number of anilines is 1. The smallest absolute Gasteiger partial charge is 0.257 e. The lowest BCUT2D eigenvalue weighted by Crippen LogP contribution is -2.37. The average Bonchev–Trinajstić information content (AvgIpc) is 2.78. The molecule has 0 radical (unpaired) electrons. The minimum atomic E-state index is -0.0871. The van der Waals surface area contributed by atoms with Crippen LogP contribution in [0.1, 0.15) is 32.6 Å². The molecule has 0 bridgehead atoms. The van der Waals surface area contributed by atoms with Crippen molar-refractivity contribution in [3.05, 3.63) is 76.5 Å². The van der Waals surface area contributed by atoms with Gasteiger partial charge in [0.1, 0.15) is 0 Å². The van der Waals surface area contributed by atoms with Crippen LogP contribution in [0.25, 0.3) is 11.3 Å². The second-order valence-electron chi connectivity index (χ2n) is 8.50. The summed E-state index contributed by atoms with van der Waals surface area (Å²) in [6, 6.07) is 14.4. The Kier molecular flexibility index (Phi) is 6.51. The largest absolute Gasteiger partial charge is 0.378 e. The summed E-state index contributed by atoms with van der Waals surface area (Å²) < 4.78 is 5.46. The average molecular weight is 431 g/mol. The third-order valence-corrected chi connectivity index (χ3v) is 5.75. The Hall–Kier alpha value is -3.25. The van der Waals surface area contributed by atoms with E-state index in [0.717, 1.165) is 29.8 Å². The van der Waals surface area contributed by atoms with E-state index < -0.39 is 0 Å². The molecule has 2 heterocycles. The van der Waals surface area contributed by atoms with Crippen molar-refractivity contribution in [3.63, 3.8) is 0 Å². The van der Waals surface area contributed by atoms with E-state index in [-0.39, 0.29) is 5.91 Å². The molecule has 3 aromatic rings. The fourth-order valence-corrected chi connectivity index (χ4v) is 4.20. The molecule has 4 rings (SSSR count). The predicted octanol–water partition coefficient (Wildman–Crippen LogP) is 4.18. The highest BCUT2D eigenvalue weighted by Crippen LogP contribution is 2.28. The summed E-state index contributed by atoms with van der Waals surface area (Å²) in [6.45, 7) is 9.52. The number of benzene rings is 2. The molecule has 2 aromatic carbocycles. The van der Waals surface area contributed by atoms with Gasteiger partial charge in [0, 0.05) is 38.4 Å². The van der Waals surface area contributed by atoms with Gasteiger partial charge in [-0.1, -0.05) is 53.6 Å². The first-order valence-corrected chi connectivity index (χ1v) is 11.0. The monoisotopic (exact) mass is 430 g/mol. The van der Waals surface area contributed by atoms with E-state index in [1.165, 1.54) is 11.1 Å². The molecule has 32 heavy (non-hydrogen) atoms. The summed E-state index contributed by atoms with van der Waals surface area (Å²) in [5.41, 5.74) is 6.72. The van der Waals surface area contributed by atoms with Crippen molar-refractivity contribution < 1.29 is 9.53 Å². The molecule has 0 atom stereocenters. The molecule has 1 aromatic heterocycles. The van der Waals surface area contributed by atoms with Gasteiger partial charge in [0.05, 0.1) is 24.5 Å². The Bertz CT molecular complexity index is 1100. The molecule has 166 valence electrons. The molecule has 0 aliphatic carbocycles. The molecule has 1 aliphatic heterocycles. The van der Waals surface area contributed by atoms with E-state index in [4.69, 9.17) is 9.72 Å². The van der Waals surface area contributed by atoms with Crippen molar-refractivity contribution in [2.45, 2.75) is 27.3 Å². The number of rotatable bonds is 5. The van der Waals surface area contributed by atoms with Gasteiger partial charge < -0.3 is 14.5 Å². The van der Waals surface area contributed by atoms with Crippen molar-refractivity contribution in [3.8, 4) is 11.3 Å². The van der Waals surface area contributed by atoms with Crippen LogP contribution in [0.2, 0.25) is 0 Å². The first-order valence-electron chi connectivity index (χ1n) is 11.0. The third kappa shape index (κ3) is 4.81. The molecular formula is C26H30N4O2. The van der Waals surface area contributed by atoms with Crippen LogP contribution in [0.4, 0.5) is 5.95 Å². The third-order valence-electron chi connectivity index (χ3n) is 5.75. The van der Waals surface area contributed by atoms with E-state index in [1.54, 1.807) is 11.1 Å². The number of carbonyl (C=O) groups excluding carboxylic acids is 1. The number of nitrogens with zero attached hydrogens (tertiary/aromatic N) is 4. The van der Waals surface area contributed by atoms with Gasteiger partial charge in [-0.25, -0.2) is 9.97 Å². The quantitative estimate of drug-likeness (QED) is 0.608. The van der Waals surface area contributed by atoms with Crippen LogP contribution in [0.3, 0.4) is 0 Å². The Morgan fingerprint density at radius 2 is 1.75 bits per heavy atom. The first kappa shape index (κ1) is 22.0. The van der Waals surface area contributed by atoms with E-state index in [9.17, 15) is 4.79 Å². The van der Waals surface area contributed by atoms with E-state index >= 15 is 0 Å². The summed E-state index contributed by atoms with van der Waals surface area (Å²) >= 11 is 0. The van der Waals surface area contributed by atoms with Gasteiger partial charge >= 0.3 is 0 Å². The highest BCUT2D eigenvalue weighted by molar-refractivity contribution is 6.00. The van der Waals surface area contributed by atoms with Gasteiger partial charge in [-0.15, -0.1) is 0 Å². The van der Waals surface area contributed by atoms with Gasteiger partial charge in [0.2, 0.25) is 5.95 Å². The van der Waals surface area contributed by atoms with Crippen molar-refractivity contribution >= 4 is 11.9 Å². The molecule has 0 saturated carbocycles. The lowest BCUT2D eigenvalue weighted by Gasteiger charge is -2.27. The van der Waals surface area contributed by atoms with Gasteiger partial charge in [-0.2, -0.15) is 0 Å². The van der Waals surface area contributed by atoms with Gasteiger partial charge in [0.25, 0.3) is 5.91 Å². The molecule has 1 aliphatic rings. The zero-order chi connectivity index (χ0) is 22.7. The number of aromatic nitrogens is 2. The van der Waals surface area contributed by atoms with Crippen molar-refractivity contribution in [2.75, 3.05) is 38.3 Å². The summed E-state index contributed by atoms with van der Waals surface area (Å²) in [5, 5.41) is 0. The molecule has 6 nitrogen and oxygen atoms in total. The summed E-state index contributed by atoms with van der Waals surface area (Å²) in [6.07, 6.45) is 1.68. The van der Waals surface area contributed by atoms with E-state index in [1.807, 2.05) is 38.2 Å². The molecular weight excluding hydrogens is 400 g/mol. The van der Waals surface area contributed by atoms with E-state index in [2.05, 4.69) is 41.9 Å². The van der Waals surface area contributed by atoms with Crippen LogP contribution in [0, 0.1) is 20.8 Å². The highest BCUT2D eigenvalue weighted by Gasteiger charge is 2.23. The summed E-state index contributed by atoms with van der Waals surface area (Å²) in [4.78, 5) is 26.8. The lowest BCUT2D eigenvalue weighted by atomic mass is 10.0. The second kappa shape index (κ2) is 9.49. The maximum absolute atomic E-state index is 13.5. The van der Waals surface area contributed by atoms with E-state index in [0.29, 0.717) is 37.0 Å². The molecule has 1 fully saturated rings. The van der Waals surface area contributed by atoms with Crippen molar-refractivity contribution in [1.29, 1.82) is 0 Å². The second-order valence-corrected chi connectivity index (χ2v) is 8.50. The normalized spacial score (nSPS) is 13.8. The number of amides is 1. The number of aryl methyl sites for hydroxylation is 3.